The van der Waals surface area contributed by atoms with Crippen molar-refractivity contribution >= 4 is 11.8 Å². The normalized spacial score (nSPS) is 20.7. The van der Waals surface area contributed by atoms with E-state index in [2.05, 4.69) is 36.2 Å². The molecule has 1 aromatic rings. The zero-order valence-electron chi connectivity index (χ0n) is 19.0. The fourth-order valence-electron chi connectivity index (χ4n) is 4.55. The van der Waals surface area contributed by atoms with Gasteiger partial charge in [0.1, 0.15) is 0 Å². The van der Waals surface area contributed by atoms with E-state index in [1.54, 1.807) is 0 Å². The lowest BCUT2D eigenvalue weighted by Crippen LogP contribution is -2.50. The standard InChI is InChI=1S/C25H37N3O2/c1-18(2)7-11-27-12-8-23(9-13-27)26-24(29)21-6-5-10-28(17-21)25(30)22-15-19(3)14-20(4)16-22/h7,14-16,21,23H,5-6,8-13,17H2,1-4H3,(H,26,29). The van der Waals surface area contributed by atoms with Gasteiger partial charge in [0.25, 0.3) is 5.91 Å². The van der Waals surface area contributed by atoms with Gasteiger partial charge in [-0.25, -0.2) is 0 Å². The summed E-state index contributed by atoms with van der Waals surface area (Å²) in [5.41, 5.74) is 4.28. The van der Waals surface area contributed by atoms with Crippen molar-refractivity contribution in [1.82, 2.24) is 15.1 Å². The second-order valence-corrected chi connectivity index (χ2v) is 9.33. The Morgan fingerprint density at radius 1 is 1.03 bits per heavy atom. The van der Waals surface area contributed by atoms with E-state index in [4.69, 9.17) is 0 Å². The number of hydrogen-bond donors (Lipinski definition) is 1. The molecule has 0 saturated carbocycles. The maximum atomic E-state index is 13.0. The van der Waals surface area contributed by atoms with Crippen LogP contribution < -0.4 is 5.32 Å². The summed E-state index contributed by atoms with van der Waals surface area (Å²) in [5, 5.41) is 3.27. The number of amides is 2. The zero-order valence-corrected chi connectivity index (χ0v) is 19.0. The van der Waals surface area contributed by atoms with Gasteiger partial charge >= 0.3 is 0 Å². The number of allylic oxidation sites excluding steroid dienone is 1. The highest BCUT2D eigenvalue weighted by molar-refractivity contribution is 5.95. The van der Waals surface area contributed by atoms with Crippen LogP contribution in [0.15, 0.2) is 29.8 Å². The van der Waals surface area contributed by atoms with Gasteiger partial charge < -0.3 is 10.2 Å². The van der Waals surface area contributed by atoms with E-state index in [1.807, 2.05) is 30.9 Å². The topological polar surface area (TPSA) is 52.7 Å². The monoisotopic (exact) mass is 411 g/mol. The lowest BCUT2D eigenvalue weighted by molar-refractivity contribution is -0.127. The first kappa shape index (κ1) is 22.5. The molecule has 1 N–H and O–H groups in total. The van der Waals surface area contributed by atoms with E-state index in [0.29, 0.717) is 6.54 Å². The highest BCUT2D eigenvalue weighted by atomic mass is 16.2. The number of carbonyl (C=O) groups is 2. The number of nitrogens with zero attached hydrogens (tertiary/aromatic N) is 2. The molecule has 1 unspecified atom stereocenters. The molecule has 2 saturated heterocycles. The molecule has 0 bridgehead atoms. The number of nitrogens with one attached hydrogen (secondary N) is 1. The Morgan fingerprint density at radius 3 is 2.33 bits per heavy atom. The first-order chi connectivity index (χ1) is 14.3. The van der Waals surface area contributed by atoms with Crippen molar-refractivity contribution < 1.29 is 9.59 Å². The zero-order chi connectivity index (χ0) is 21.7. The van der Waals surface area contributed by atoms with E-state index in [0.717, 1.165) is 68.6 Å². The first-order valence-corrected chi connectivity index (χ1v) is 11.4. The van der Waals surface area contributed by atoms with Gasteiger partial charge in [0.2, 0.25) is 5.91 Å². The smallest absolute Gasteiger partial charge is 0.253 e. The molecule has 2 fully saturated rings. The van der Waals surface area contributed by atoms with E-state index < -0.39 is 0 Å². The third-order valence-electron chi connectivity index (χ3n) is 6.24. The molecule has 2 aliphatic rings. The molecule has 3 rings (SSSR count). The highest BCUT2D eigenvalue weighted by Gasteiger charge is 2.30. The Hall–Kier alpha value is -2.14. The summed E-state index contributed by atoms with van der Waals surface area (Å²) in [7, 11) is 0. The Bertz CT molecular complexity index is 769. The molecule has 0 radical (unpaired) electrons. The second-order valence-electron chi connectivity index (χ2n) is 9.33. The van der Waals surface area contributed by atoms with Crippen molar-refractivity contribution in [2.45, 2.75) is 59.4 Å². The summed E-state index contributed by atoms with van der Waals surface area (Å²) in [6, 6.07) is 6.23. The van der Waals surface area contributed by atoms with Crippen LogP contribution in [0.3, 0.4) is 0 Å². The van der Waals surface area contributed by atoms with Crippen LogP contribution in [0.1, 0.15) is 61.0 Å². The molecule has 2 amide bonds. The predicted molar refractivity (Wildman–Crippen MR) is 122 cm³/mol. The third-order valence-corrected chi connectivity index (χ3v) is 6.24. The van der Waals surface area contributed by atoms with Crippen LogP contribution in [-0.2, 0) is 4.79 Å². The first-order valence-electron chi connectivity index (χ1n) is 11.4. The van der Waals surface area contributed by atoms with E-state index in [1.165, 1.54) is 5.57 Å². The summed E-state index contributed by atoms with van der Waals surface area (Å²) < 4.78 is 0. The third kappa shape index (κ3) is 6.18. The predicted octanol–water partition coefficient (Wildman–Crippen LogP) is 3.70. The average molecular weight is 412 g/mol. The Labute approximate surface area is 181 Å². The number of piperidine rings is 2. The van der Waals surface area contributed by atoms with E-state index >= 15 is 0 Å². The second kappa shape index (κ2) is 10.3. The van der Waals surface area contributed by atoms with Gasteiger partial charge in [-0.05, 0) is 65.5 Å². The van der Waals surface area contributed by atoms with Crippen molar-refractivity contribution in [2.75, 3.05) is 32.7 Å². The molecule has 2 aliphatic heterocycles. The van der Waals surface area contributed by atoms with E-state index in [9.17, 15) is 9.59 Å². The van der Waals surface area contributed by atoms with Gasteiger partial charge in [0.05, 0.1) is 5.92 Å². The number of rotatable bonds is 5. The fourth-order valence-corrected chi connectivity index (χ4v) is 4.55. The molecular formula is C25H37N3O2. The van der Waals surface area contributed by atoms with Gasteiger partial charge in [-0.3, -0.25) is 14.5 Å². The molecule has 5 heteroatoms. The fraction of sp³-hybridized carbons (Fsp3) is 0.600. The van der Waals surface area contributed by atoms with E-state index in [-0.39, 0.29) is 23.8 Å². The molecule has 1 aromatic carbocycles. The summed E-state index contributed by atoms with van der Waals surface area (Å²) in [5.74, 6) is 0.0693. The number of benzene rings is 1. The van der Waals surface area contributed by atoms with Crippen molar-refractivity contribution in [3.63, 3.8) is 0 Å². The highest BCUT2D eigenvalue weighted by Crippen LogP contribution is 2.21. The van der Waals surface area contributed by atoms with Crippen LogP contribution in [0.25, 0.3) is 0 Å². The number of aryl methyl sites for hydroxylation is 2. The maximum absolute atomic E-state index is 13.0. The summed E-state index contributed by atoms with van der Waals surface area (Å²) in [6.07, 6.45) is 6.01. The number of hydrogen-bond acceptors (Lipinski definition) is 3. The molecule has 2 heterocycles. The van der Waals surface area contributed by atoms with Gasteiger partial charge in [-0.1, -0.05) is 28.8 Å². The molecule has 0 aliphatic carbocycles. The molecule has 0 spiro atoms. The number of carbonyl (C=O) groups excluding carboxylic acids is 2. The molecule has 164 valence electrons. The lowest BCUT2D eigenvalue weighted by atomic mass is 9.95. The average Bonchev–Trinajstić information content (AvgIpc) is 2.72. The lowest BCUT2D eigenvalue weighted by Gasteiger charge is -2.35. The van der Waals surface area contributed by atoms with Gasteiger partial charge in [0.15, 0.2) is 0 Å². The minimum absolute atomic E-state index is 0.0480. The van der Waals surface area contributed by atoms with Crippen LogP contribution >= 0.6 is 0 Å². The Kier molecular flexibility index (Phi) is 7.70. The van der Waals surface area contributed by atoms with Crippen LogP contribution in [0.5, 0.6) is 0 Å². The van der Waals surface area contributed by atoms with Crippen molar-refractivity contribution in [3.05, 3.63) is 46.5 Å². The van der Waals surface area contributed by atoms with Crippen LogP contribution in [0.4, 0.5) is 0 Å². The quantitative estimate of drug-likeness (QED) is 0.752. The largest absolute Gasteiger partial charge is 0.353 e. The summed E-state index contributed by atoms with van der Waals surface area (Å²) in [4.78, 5) is 30.2. The number of likely N-dealkylation sites (tertiary alicyclic amines) is 2. The van der Waals surface area contributed by atoms with Gasteiger partial charge in [-0.15, -0.1) is 0 Å². The Morgan fingerprint density at radius 2 is 1.70 bits per heavy atom. The summed E-state index contributed by atoms with van der Waals surface area (Å²) in [6.45, 7) is 12.6. The minimum atomic E-state index is -0.0997. The van der Waals surface area contributed by atoms with Gasteiger partial charge in [-0.2, -0.15) is 0 Å². The Balaban J connectivity index is 1.51. The molecular weight excluding hydrogens is 374 g/mol. The molecule has 30 heavy (non-hydrogen) atoms. The molecule has 0 aromatic heterocycles. The van der Waals surface area contributed by atoms with Crippen LogP contribution in [0, 0.1) is 19.8 Å². The van der Waals surface area contributed by atoms with Crippen molar-refractivity contribution in [3.8, 4) is 0 Å². The summed E-state index contributed by atoms with van der Waals surface area (Å²) >= 11 is 0. The van der Waals surface area contributed by atoms with Gasteiger partial charge in [0, 0.05) is 44.3 Å². The molecule has 1 atom stereocenters. The minimum Gasteiger partial charge on any atom is -0.353 e. The maximum Gasteiger partial charge on any atom is 0.253 e. The van der Waals surface area contributed by atoms with Crippen LogP contribution in [0.2, 0.25) is 0 Å². The van der Waals surface area contributed by atoms with Crippen molar-refractivity contribution in [1.29, 1.82) is 0 Å². The SMILES string of the molecule is CC(C)=CCN1CCC(NC(=O)C2CCCN(C(=O)c3cc(C)cc(C)c3)C2)CC1. The van der Waals surface area contributed by atoms with Crippen LogP contribution in [-0.4, -0.2) is 60.4 Å². The van der Waals surface area contributed by atoms with Crippen molar-refractivity contribution in [2.24, 2.45) is 5.92 Å². The molecule has 5 nitrogen and oxygen atoms in total.